The number of aliphatic hydroxyl groups is 1. The van der Waals surface area contributed by atoms with Crippen molar-refractivity contribution in [3.05, 3.63) is 41.5 Å². The summed E-state index contributed by atoms with van der Waals surface area (Å²) in [4.78, 5) is 14.6. The number of hydrogen-bond acceptors (Lipinski definition) is 6. The van der Waals surface area contributed by atoms with Crippen LogP contribution in [0.3, 0.4) is 0 Å². The van der Waals surface area contributed by atoms with E-state index in [0.717, 1.165) is 58.6 Å². The molecule has 1 saturated heterocycles. The maximum atomic E-state index is 12.2. The number of esters is 1. The molecular formula is C26H30ClNO5. The average molecular weight is 472 g/mol. The van der Waals surface area contributed by atoms with Crippen LogP contribution in [0.4, 0.5) is 0 Å². The zero-order valence-electron chi connectivity index (χ0n) is 19.4. The number of carbonyl (C=O) groups excluding carboxylic acids is 1. The highest BCUT2D eigenvalue weighted by Crippen LogP contribution is 2.47. The van der Waals surface area contributed by atoms with Crippen molar-refractivity contribution in [3.8, 4) is 17.2 Å². The van der Waals surface area contributed by atoms with E-state index in [-0.39, 0.29) is 30.3 Å². The number of rotatable bonds is 4. The minimum atomic E-state index is -0.565. The van der Waals surface area contributed by atoms with Gasteiger partial charge in [-0.15, -0.1) is 12.4 Å². The summed E-state index contributed by atoms with van der Waals surface area (Å²) in [5.74, 6) is 1.31. The van der Waals surface area contributed by atoms with Crippen molar-refractivity contribution < 1.29 is 24.1 Å². The fraction of sp³-hybridized carbons (Fsp3) is 0.423. The van der Waals surface area contributed by atoms with Gasteiger partial charge >= 0.3 is 5.97 Å². The van der Waals surface area contributed by atoms with Gasteiger partial charge in [0, 0.05) is 12.6 Å². The van der Waals surface area contributed by atoms with E-state index in [2.05, 4.69) is 4.90 Å². The van der Waals surface area contributed by atoms with Crippen LogP contribution in [0.15, 0.2) is 30.3 Å². The molecule has 33 heavy (non-hydrogen) atoms. The SMILES string of the molecule is COc1cc2c3c(c4ccc(OC(=O)C(C)C)cc4c2cc1OC)[C@H](O)[C@@H]1CCCN1C3.Cl. The Hall–Kier alpha value is -2.54. The molecule has 7 heteroatoms. The largest absolute Gasteiger partial charge is 0.493 e. The van der Waals surface area contributed by atoms with Gasteiger partial charge in [-0.05, 0) is 76.3 Å². The van der Waals surface area contributed by atoms with Gasteiger partial charge in [0.25, 0.3) is 0 Å². The lowest BCUT2D eigenvalue weighted by molar-refractivity contribution is -0.137. The van der Waals surface area contributed by atoms with Crippen molar-refractivity contribution in [3.63, 3.8) is 0 Å². The summed E-state index contributed by atoms with van der Waals surface area (Å²) in [5.41, 5.74) is 2.11. The average Bonchev–Trinajstić information content (AvgIpc) is 3.27. The first-order chi connectivity index (χ1) is 15.4. The normalized spacial score (nSPS) is 19.8. The van der Waals surface area contributed by atoms with Gasteiger partial charge in [0.15, 0.2) is 11.5 Å². The molecular weight excluding hydrogens is 442 g/mol. The van der Waals surface area contributed by atoms with Crippen LogP contribution in [0, 0.1) is 5.92 Å². The predicted octanol–water partition coefficient (Wildman–Crippen LogP) is 5.00. The Labute approximate surface area is 199 Å². The second kappa shape index (κ2) is 9.01. The van der Waals surface area contributed by atoms with Crippen LogP contribution in [0.2, 0.25) is 0 Å². The standard InChI is InChI=1S/C26H29NO5.ClH/c1-14(2)26(29)32-15-7-8-16-17(10-15)18-11-22(30-3)23(31-4)12-19(18)20-13-27-9-5-6-21(27)25(28)24(16)20;/h7-8,10-12,14,21,25,28H,5-6,9,13H2,1-4H3;1H/t21-,25+;/m0./s1. The third-order valence-corrected chi connectivity index (χ3v) is 6.87. The van der Waals surface area contributed by atoms with E-state index in [1.54, 1.807) is 14.2 Å². The molecule has 3 aromatic carbocycles. The van der Waals surface area contributed by atoms with Crippen LogP contribution in [0.1, 0.15) is 43.9 Å². The van der Waals surface area contributed by atoms with Crippen molar-refractivity contribution in [1.29, 1.82) is 0 Å². The second-order valence-corrected chi connectivity index (χ2v) is 9.05. The van der Waals surface area contributed by atoms with Crippen LogP contribution < -0.4 is 14.2 Å². The van der Waals surface area contributed by atoms with Crippen LogP contribution in [-0.4, -0.2) is 42.8 Å². The number of ether oxygens (including phenoxy) is 3. The molecule has 2 aliphatic heterocycles. The number of aliphatic hydroxyl groups excluding tert-OH is 1. The van der Waals surface area contributed by atoms with Crippen LogP contribution in [0.25, 0.3) is 21.5 Å². The second-order valence-electron chi connectivity index (χ2n) is 9.05. The molecule has 0 amide bonds. The smallest absolute Gasteiger partial charge is 0.313 e. The van der Waals surface area contributed by atoms with E-state index in [1.165, 1.54) is 0 Å². The zero-order valence-corrected chi connectivity index (χ0v) is 20.2. The molecule has 0 aliphatic carbocycles. The quantitative estimate of drug-likeness (QED) is 0.328. The number of benzene rings is 3. The lowest BCUT2D eigenvalue weighted by Crippen LogP contribution is -2.39. The number of fused-ring (bicyclic) bond motifs is 7. The maximum Gasteiger partial charge on any atom is 0.313 e. The highest BCUT2D eigenvalue weighted by molar-refractivity contribution is 6.12. The highest BCUT2D eigenvalue weighted by atomic mass is 35.5. The monoisotopic (exact) mass is 471 g/mol. The number of methoxy groups -OCH3 is 2. The molecule has 0 bridgehead atoms. The summed E-state index contributed by atoms with van der Waals surface area (Å²) in [7, 11) is 3.25. The molecule has 0 saturated carbocycles. The van der Waals surface area contributed by atoms with Gasteiger partial charge in [-0.2, -0.15) is 0 Å². The first-order valence-electron chi connectivity index (χ1n) is 11.2. The number of hydrogen-bond donors (Lipinski definition) is 1. The van der Waals surface area contributed by atoms with Gasteiger partial charge in [0.05, 0.1) is 26.2 Å². The van der Waals surface area contributed by atoms with Crippen molar-refractivity contribution in [2.75, 3.05) is 20.8 Å². The summed E-state index contributed by atoms with van der Waals surface area (Å²) in [6.45, 7) is 5.42. The zero-order chi connectivity index (χ0) is 22.6. The van der Waals surface area contributed by atoms with Gasteiger partial charge in [0.1, 0.15) is 5.75 Å². The van der Waals surface area contributed by atoms with Crippen LogP contribution in [0.5, 0.6) is 17.2 Å². The topological polar surface area (TPSA) is 68.2 Å². The first-order valence-corrected chi connectivity index (χ1v) is 11.2. The lowest BCUT2D eigenvalue weighted by atomic mass is 9.83. The molecule has 6 nitrogen and oxygen atoms in total. The van der Waals surface area contributed by atoms with E-state index in [0.29, 0.717) is 17.2 Å². The molecule has 1 N–H and O–H groups in total. The summed E-state index contributed by atoms with van der Waals surface area (Å²) in [5, 5.41) is 15.4. The third kappa shape index (κ3) is 3.80. The van der Waals surface area contributed by atoms with Gasteiger partial charge in [-0.3, -0.25) is 9.69 Å². The van der Waals surface area contributed by atoms with Crippen molar-refractivity contribution in [2.24, 2.45) is 5.92 Å². The Morgan fingerprint density at radius 2 is 1.70 bits per heavy atom. The molecule has 3 aromatic rings. The van der Waals surface area contributed by atoms with Crippen molar-refractivity contribution >= 4 is 39.9 Å². The third-order valence-electron chi connectivity index (χ3n) is 6.87. The molecule has 0 spiro atoms. The molecule has 0 unspecified atom stereocenters. The molecule has 176 valence electrons. The Morgan fingerprint density at radius 3 is 2.36 bits per heavy atom. The lowest BCUT2D eigenvalue weighted by Gasteiger charge is -2.37. The summed E-state index contributed by atoms with van der Waals surface area (Å²) in [6, 6.07) is 9.82. The van der Waals surface area contributed by atoms with Gasteiger partial charge < -0.3 is 19.3 Å². The summed E-state index contributed by atoms with van der Waals surface area (Å²) in [6.07, 6.45) is 1.53. The first kappa shape index (κ1) is 23.6. The number of nitrogens with zero attached hydrogens (tertiary/aromatic N) is 1. The van der Waals surface area contributed by atoms with E-state index in [1.807, 2.05) is 44.2 Å². The van der Waals surface area contributed by atoms with E-state index in [4.69, 9.17) is 14.2 Å². The van der Waals surface area contributed by atoms with Crippen molar-refractivity contribution in [1.82, 2.24) is 4.90 Å². The minimum Gasteiger partial charge on any atom is -0.493 e. The van der Waals surface area contributed by atoms with Crippen LogP contribution >= 0.6 is 12.4 Å². The van der Waals surface area contributed by atoms with E-state index in [9.17, 15) is 9.90 Å². The van der Waals surface area contributed by atoms with Gasteiger partial charge in [-0.1, -0.05) is 19.9 Å². The predicted molar refractivity (Wildman–Crippen MR) is 131 cm³/mol. The molecule has 5 rings (SSSR count). The molecule has 2 aliphatic rings. The van der Waals surface area contributed by atoms with Gasteiger partial charge in [-0.25, -0.2) is 0 Å². The molecule has 2 atom stereocenters. The van der Waals surface area contributed by atoms with Gasteiger partial charge in [0.2, 0.25) is 0 Å². The Morgan fingerprint density at radius 1 is 1.03 bits per heavy atom. The Kier molecular flexibility index (Phi) is 6.45. The molecule has 0 aromatic heterocycles. The Balaban J connectivity index is 0.00000259. The highest BCUT2D eigenvalue weighted by Gasteiger charge is 2.39. The van der Waals surface area contributed by atoms with E-state index >= 15 is 0 Å². The number of halogens is 1. The summed E-state index contributed by atoms with van der Waals surface area (Å²) >= 11 is 0. The maximum absolute atomic E-state index is 12.2. The van der Waals surface area contributed by atoms with Crippen LogP contribution in [-0.2, 0) is 11.3 Å². The van der Waals surface area contributed by atoms with E-state index < -0.39 is 6.10 Å². The molecule has 1 fully saturated rings. The summed E-state index contributed by atoms with van der Waals surface area (Å²) < 4.78 is 16.8. The molecule has 0 radical (unpaired) electrons. The van der Waals surface area contributed by atoms with Crippen molar-refractivity contribution in [2.45, 2.75) is 45.4 Å². The fourth-order valence-electron chi connectivity index (χ4n) is 5.25. The fourth-order valence-corrected chi connectivity index (χ4v) is 5.25. The number of carbonyl (C=O) groups is 1. The molecule has 2 heterocycles. The Bertz CT molecular complexity index is 1220. The minimum absolute atomic E-state index is 0.